The standard InChI is InChI=1S/C18H24N4O3S2/c1-4-21(16-10-11-27(24,25)12-16)17(23)13(2)26-18-20-19-14(3)22(18)15-8-6-5-7-9-15/h5-9,13,16H,4,10-12H2,1-3H3/t13-,16+/m0/s1. The van der Waals surface area contributed by atoms with Crippen LogP contribution in [-0.2, 0) is 14.6 Å². The Morgan fingerprint density at radius 3 is 2.63 bits per heavy atom. The van der Waals surface area contributed by atoms with Gasteiger partial charge in [-0.05, 0) is 39.3 Å². The van der Waals surface area contributed by atoms with Crippen molar-refractivity contribution in [3.8, 4) is 5.69 Å². The Morgan fingerprint density at radius 1 is 1.33 bits per heavy atom. The summed E-state index contributed by atoms with van der Waals surface area (Å²) in [6.07, 6.45) is 0.513. The minimum atomic E-state index is -3.04. The lowest BCUT2D eigenvalue weighted by atomic mass is 10.2. The molecule has 2 atom stereocenters. The summed E-state index contributed by atoms with van der Waals surface area (Å²) < 4.78 is 25.5. The monoisotopic (exact) mass is 408 g/mol. The van der Waals surface area contributed by atoms with Crippen molar-refractivity contribution in [2.75, 3.05) is 18.1 Å². The van der Waals surface area contributed by atoms with Crippen molar-refractivity contribution in [2.24, 2.45) is 0 Å². The van der Waals surface area contributed by atoms with E-state index in [1.165, 1.54) is 11.8 Å². The molecule has 1 aromatic carbocycles. The number of sulfone groups is 1. The molecule has 27 heavy (non-hydrogen) atoms. The van der Waals surface area contributed by atoms with Crippen molar-refractivity contribution in [1.29, 1.82) is 0 Å². The van der Waals surface area contributed by atoms with Crippen molar-refractivity contribution in [3.05, 3.63) is 36.2 Å². The maximum atomic E-state index is 13.0. The number of aryl methyl sites for hydroxylation is 1. The third kappa shape index (κ3) is 4.35. The average Bonchev–Trinajstić information content (AvgIpc) is 3.18. The van der Waals surface area contributed by atoms with Crippen LogP contribution in [0.4, 0.5) is 0 Å². The first-order valence-electron chi connectivity index (χ1n) is 8.97. The van der Waals surface area contributed by atoms with Crippen LogP contribution in [0.3, 0.4) is 0 Å². The first-order valence-corrected chi connectivity index (χ1v) is 11.7. The van der Waals surface area contributed by atoms with Gasteiger partial charge in [0.1, 0.15) is 5.82 Å². The molecular formula is C18H24N4O3S2. The van der Waals surface area contributed by atoms with Gasteiger partial charge in [-0.1, -0.05) is 30.0 Å². The summed E-state index contributed by atoms with van der Waals surface area (Å²) >= 11 is 1.35. The Bertz CT molecular complexity index is 912. The molecule has 0 N–H and O–H groups in total. The molecule has 146 valence electrons. The molecule has 1 aliphatic heterocycles. The zero-order valence-electron chi connectivity index (χ0n) is 15.7. The molecule has 1 fully saturated rings. The van der Waals surface area contributed by atoms with E-state index in [0.29, 0.717) is 18.1 Å². The average molecular weight is 409 g/mol. The second-order valence-corrected chi connectivity index (χ2v) is 10.2. The Balaban J connectivity index is 1.77. The summed E-state index contributed by atoms with van der Waals surface area (Å²) in [5.74, 6) is 0.899. The summed E-state index contributed by atoms with van der Waals surface area (Å²) in [5, 5.41) is 8.64. The molecule has 3 rings (SSSR count). The van der Waals surface area contributed by atoms with Crippen molar-refractivity contribution in [1.82, 2.24) is 19.7 Å². The van der Waals surface area contributed by atoms with Gasteiger partial charge in [0.05, 0.1) is 16.8 Å². The van der Waals surface area contributed by atoms with E-state index in [0.717, 1.165) is 11.5 Å². The molecule has 0 unspecified atom stereocenters. The topological polar surface area (TPSA) is 85.2 Å². The third-order valence-electron chi connectivity index (χ3n) is 4.71. The normalized spacial score (nSPS) is 19.7. The van der Waals surface area contributed by atoms with E-state index >= 15 is 0 Å². The van der Waals surface area contributed by atoms with Gasteiger partial charge in [-0.25, -0.2) is 8.42 Å². The lowest BCUT2D eigenvalue weighted by molar-refractivity contribution is -0.131. The summed E-state index contributed by atoms with van der Waals surface area (Å²) in [4.78, 5) is 14.7. The summed E-state index contributed by atoms with van der Waals surface area (Å²) in [6.45, 7) is 6.09. The SMILES string of the molecule is CCN(C(=O)[C@H](C)Sc1nnc(C)n1-c1ccccc1)[C@@H]1CCS(=O)(=O)C1. The molecule has 2 aromatic rings. The van der Waals surface area contributed by atoms with E-state index in [2.05, 4.69) is 10.2 Å². The highest BCUT2D eigenvalue weighted by atomic mass is 32.2. The number of hydrogen-bond acceptors (Lipinski definition) is 6. The molecule has 9 heteroatoms. The predicted molar refractivity (Wildman–Crippen MR) is 106 cm³/mol. The molecule has 2 heterocycles. The highest BCUT2D eigenvalue weighted by molar-refractivity contribution is 8.00. The van der Waals surface area contributed by atoms with Crippen LogP contribution in [0.25, 0.3) is 5.69 Å². The second-order valence-electron chi connectivity index (χ2n) is 6.64. The van der Waals surface area contributed by atoms with Crippen molar-refractivity contribution in [3.63, 3.8) is 0 Å². The van der Waals surface area contributed by atoms with E-state index < -0.39 is 9.84 Å². The zero-order valence-corrected chi connectivity index (χ0v) is 17.3. The molecule has 1 saturated heterocycles. The van der Waals surface area contributed by atoms with Gasteiger partial charge < -0.3 is 4.90 Å². The molecule has 0 aliphatic carbocycles. The van der Waals surface area contributed by atoms with Crippen molar-refractivity contribution in [2.45, 2.75) is 43.6 Å². The number of rotatable bonds is 6. The van der Waals surface area contributed by atoms with Gasteiger partial charge in [0, 0.05) is 18.3 Å². The number of benzene rings is 1. The quantitative estimate of drug-likeness (QED) is 0.681. The maximum absolute atomic E-state index is 13.0. The van der Waals surface area contributed by atoms with E-state index in [4.69, 9.17) is 0 Å². The second kappa shape index (κ2) is 8.02. The number of carbonyl (C=O) groups is 1. The van der Waals surface area contributed by atoms with Crippen LogP contribution >= 0.6 is 11.8 Å². The molecule has 0 bridgehead atoms. The van der Waals surface area contributed by atoms with Gasteiger partial charge in [0.15, 0.2) is 15.0 Å². The third-order valence-corrected chi connectivity index (χ3v) is 7.49. The van der Waals surface area contributed by atoms with Crippen LogP contribution in [0.15, 0.2) is 35.5 Å². The molecule has 1 amide bonds. The van der Waals surface area contributed by atoms with Crippen molar-refractivity contribution >= 4 is 27.5 Å². The number of carbonyl (C=O) groups excluding carboxylic acids is 1. The predicted octanol–water partition coefficient (Wildman–Crippen LogP) is 2.09. The number of aromatic nitrogens is 3. The van der Waals surface area contributed by atoms with Gasteiger partial charge >= 0.3 is 0 Å². The van der Waals surface area contributed by atoms with Crippen LogP contribution in [0.1, 0.15) is 26.1 Å². The summed E-state index contributed by atoms with van der Waals surface area (Å²) in [7, 11) is -3.04. The molecule has 0 radical (unpaired) electrons. The fourth-order valence-electron chi connectivity index (χ4n) is 3.35. The fourth-order valence-corrected chi connectivity index (χ4v) is 6.06. The van der Waals surface area contributed by atoms with Crippen LogP contribution in [0.2, 0.25) is 0 Å². The molecule has 7 nitrogen and oxygen atoms in total. The smallest absolute Gasteiger partial charge is 0.236 e. The summed E-state index contributed by atoms with van der Waals surface area (Å²) in [5.41, 5.74) is 0.941. The molecule has 0 spiro atoms. The number of amides is 1. The Labute approximate surface area is 164 Å². The number of hydrogen-bond donors (Lipinski definition) is 0. The van der Waals surface area contributed by atoms with E-state index in [-0.39, 0.29) is 28.7 Å². The molecule has 1 aliphatic rings. The van der Waals surface area contributed by atoms with Gasteiger partial charge in [0.25, 0.3) is 0 Å². The van der Waals surface area contributed by atoms with Gasteiger partial charge in [-0.15, -0.1) is 10.2 Å². The van der Waals surface area contributed by atoms with E-state index in [9.17, 15) is 13.2 Å². The Kier molecular flexibility index (Phi) is 5.90. The largest absolute Gasteiger partial charge is 0.338 e. The Hall–Kier alpha value is -1.87. The minimum absolute atomic E-state index is 0.0588. The summed E-state index contributed by atoms with van der Waals surface area (Å²) in [6, 6.07) is 9.53. The lowest BCUT2D eigenvalue weighted by Gasteiger charge is -2.29. The first kappa shape index (κ1) is 19.9. The van der Waals surface area contributed by atoms with Crippen LogP contribution in [0, 0.1) is 6.92 Å². The van der Waals surface area contributed by atoms with Crippen molar-refractivity contribution < 1.29 is 13.2 Å². The molecule has 1 aromatic heterocycles. The molecule has 0 saturated carbocycles. The lowest BCUT2D eigenvalue weighted by Crippen LogP contribution is -2.44. The van der Waals surface area contributed by atoms with Crippen LogP contribution in [0.5, 0.6) is 0 Å². The van der Waals surface area contributed by atoms with E-state index in [1.54, 1.807) is 4.90 Å². The van der Waals surface area contributed by atoms with E-state index in [1.807, 2.05) is 55.7 Å². The number of nitrogens with zero attached hydrogens (tertiary/aromatic N) is 4. The fraction of sp³-hybridized carbons (Fsp3) is 0.500. The Morgan fingerprint density at radius 2 is 2.04 bits per heavy atom. The highest BCUT2D eigenvalue weighted by Crippen LogP contribution is 2.28. The van der Waals surface area contributed by atoms with Crippen LogP contribution in [-0.4, -0.2) is 63.3 Å². The molecular weight excluding hydrogens is 384 g/mol. The van der Waals surface area contributed by atoms with Gasteiger partial charge in [-0.2, -0.15) is 0 Å². The first-order chi connectivity index (χ1) is 12.8. The number of thioether (sulfide) groups is 1. The maximum Gasteiger partial charge on any atom is 0.236 e. The van der Waals surface area contributed by atoms with Crippen LogP contribution < -0.4 is 0 Å². The highest BCUT2D eigenvalue weighted by Gasteiger charge is 2.35. The zero-order chi connectivity index (χ0) is 19.6. The van der Waals surface area contributed by atoms with Gasteiger partial charge in [-0.3, -0.25) is 9.36 Å². The minimum Gasteiger partial charge on any atom is -0.338 e. The number of para-hydroxylation sites is 1. The van der Waals surface area contributed by atoms with Gasteiger partial charge in [0.2, 0.25) is 5.91 Å².